The first kappa shape index (κ1) is 18.9. The largest absolute Gasteiger partial charge is 0.497 e. The van der Waals surface area contributed by atoms with Gasteiger partial charge in [0.2, 0.25) is 5.91 Å². The molecule has 2 rings (SSSR count). The third-order valence-corrected chi connectivity index (χ3v) is 3.55. The van der Waals surface area contributed by atoms with Gasteiger partial charge in [0.15, 0.2) is 11.5 Å². The topological polar surface area (TPSA) is 94.1 Å². The molecular weight excluding hydrogens is 338 g/mol. The summed E-state index contributed by atoms with van der Waals surface area (Å²) in [5, 5.41) is 11.9. The molecule has 0 aliphatic carbocycles. The van der Waals surface area contributed by atoms with Gasteiger partial charge in [0.05, 0.1) is 32.6 Å². The zero-order chi connectivity index (χ0) is 19.1. The van der Waals surface area contributed by atoms with Crippen molar-refractivity contribution in [2.75, 3.05) is 26.6 Å². The van der Waals surface area contributed by atoms with Crippen LogP contribution in [-0.4, -0.2) is 38.3 Å². The summed E-state index contributed by atoms with van der Waals surface area (Å²) in [5.41, 5.74) is 0.806. The number of benzene rings is 2. The molecule has 0 unspecified atom stereocenters. The summed E-state index contributed by atoms with van der Waals surface area (Å²) >= 11 is 0. The molecule has 2 N–H and O–H groups in total. The number of carboxylic acid groups (broad SMARTS) is 1. The number of amides is 1. The molecule has 1 amide bonds. The van der Waals surface area contributed by atoms with Gasteiger partial charge in [0.1, 0.15) is 5.75 Å². The first-order chi connectivity index (χ1) is 12.5. The number of aromatic carboxylic acids is 1. The zero-order valence-corrected chi connectivity index (χ0v) is 14.6. The predicted molar refractivity (Wildman–Crippen MR) is 97.2 cm³/mol. The highest BCUT2D eigenvalue weighted by Crippen LogP contribution is 2.33. The molecule has 0 aliphatic rings. The van der Waals surface area contributed by atoms with Crippen LogP contribution in [0.1, 0.15) is 15.9 Å². The minimum absolute atomic E-state index is 0.103. The summed E-state index contributed by atoms with van der Waals surface area (Å²) in [4.78, 5) is 23.6. The molecule has 0 aromatic heterocycles. The molecule has 0 aliphatic heterocycles. The summed E-state index contributed by atoms with van der Waals surface area (Å²) in [7, 11) is 4.40. The van der Waals surface area contributed by atoms with Crippen LogP contribution in [0.4, 0.5) is 5.69 Å². The molecule has 7 heteroatoms. The van der Waals surface area contributed by atoms with Crippen LogP contribution in [0, 0.1) is 0 Å². The van der Waals surface area contributed by atoms with Gasteiger partial charge in [0, 0.05) is 18.2 Å². The normalized spacial score (nSPS) is 10.4. The Labute approximate surface area is 150 Å². The Hall–Kier alpha value is -3.48. The van der Waals surface area contributed by atoms with E-state index in [0.29, 0.717) is 11.5 Å². The molecule has 2 aromatic rings. The van der Waals surface area contributed by atoms with E-state index in [4.69, 9.17) is 14.2 Å². The predicted octanol–water partition coefficient (Wildman–Crippen LogP) is 3.06. The molecule has 0 bridgehead atoms. The van der Waals surface area contributed by atoms with Crippen molar-refractivity contribution in [1.82, 2.24) is 0 Å². The van der Waals surface area contributed by atoms with Crippen LogP contribution in [0.15, 0.2) is 42.5 Å². The van der Waals surface area contributed by atoms with Crippen molar-refractivity contribution >= 4 is 23.6 Å². The third-order valence-electron chi connectivity index (χ3n) is 3.55. The maximum Gasteiger partial charge on any atom is 0.337 e. The lowest BCUT2D eigenvalue weighted by Crippen LogP contribution is -2.12. The van der Waals surface area contributed by atoms with Crippen LogP contribution >= 0.6 is 0 Å². The molecule has 0 saturated heterocycles. The summed E-state index contributed by atoms with van der Waals surface area (Å²) < 4.78 is 15.3. The number of carboxylic acids is 1. The van der Waals surface area contributed by atoms with Gasteiger partial charge in [-0.05, 0) is 23.8 Å². The number of hydrogen-bond donors (Lipinski definition) is 2. The number of methoxy groups -OCH3 is 3. The zero-order valence-electron chi connectivity index (χ0n) is 14.6. The van der Waals surface area contributed by atoms with E-state index in [1.807, 2.05) is 0 Å². The van der Waals surface area contributed by atoms with Crippen molar-refractivity contribution in [3.05, 3.63) is 53.6 Å². The average Bonchev–Trinajstić information content (AvgIpc) is 2.66. The molecule has 7 nitrogen and oxygen atoms in total. The quantitative estimate of drug-likeness (QED) is 0.740. The van der Waals surface area contributed by atoms with E-state index >= 15 is 0 Å². The second kappa shape index (κ2) is 8.57. The van der Waals surface area contributed by atoms with E-state index in [0.717, 1.165) is 5.56 Å². The minimum Gasteiger partial charge on any atom is -0.497 e. The highest BCUT2D eigenvalue weighted by atomic mass is 16.5. The van der Waals surface area contributed by atoms with Crippen molar-refractivity contribution in [3.8, 4) is 17.2 Å². The Morgan fingerprint density at radius 3 is 2.12 bits per heavy atom. The number of rotatable bonds is 7. The Morgan fingerprint density at radius 2 is 1.58 bits per heavy atom. The Morgan fingerprint density at radius 1 is 0.962 bits per heavy atom. The van der Waals surface area contributed by atoms with E-state index in [1.54, 1.807) is 37.5 Å². The SMILES string of the molecule is COc1ccc(/C=C/C(=O)Nc2cc(OC)c(OC)cc2C(=O)O)cc1. The molecule has 2 aromatic carbocycles. The van der Waals surface area contributed by atoms with Gasteiger partial charge in [0.25, 0.3) is 0 Å². The average molecular weight is 357 g/mol. The lowest BCUT2D eigenvalue weighted by molar-refractivity contribution is -0.111. The van der Waals surface area contributed by atoms with Crippen LogP contribution in [0.3, 0.4) is 0 Å². The van der Waals surface area contributed by atoms with Gasteiger partial charge < -0.3 is 24.6 Å². The fourth-order valence-corrected chi connectivity index (χ4v) is 2.22. The Balaban J connectivity index is 2.21. The fourth-order valence-electron chi connectivity index (χ4n) is 2.22. The van der Waals surface area contributed by atoms with Crippen molar-refractivity contribution in [2.24, 2.45) is 0 Å². The van der Waals surface area contributed by atoms with Gasteiger partial charge in [-0.25, -0.2) is 4.79 Å². The maximum atomic E-state index is 12.2. The molecular formula is C19H19NO6. The Bertz CT molecular complexity index is 827. The summed E-state index contributed by atoms with van der Waals surface area (Å²) in [6, 6.07) is 9.83. The molecule has 26 heavy (non-hydrogen) atoms. The molecule has 0 radical (unpaired) electrons. The molecule has 0 spiro atoms. The van der Waals surface area contributed by atoms with Gasteiger partial charge in [-0.1, -0.05) is 12.1 Å². The molecule has 0 saturated carbocycles. The van der Waals surface area contributed by atoms with E-state index in [2.05, 4.69) is 5.32 Å². The number of ether oxygens (including phenoxy) is 3. The third kappa shape index (κ3) is 4.54. The maximum absolute atomic E-state index is 12.2. The second-order valence-corrected chi connectivity index (χ2v) is 5.15. The molecule has 0 heterocycles. The summed E-state index contributed by atoms with van der Waals surface area (Å²) in [5.74, 6) is -0.387. The van der Waals surface area contributed by atoms with Crippen molar-refractivity contribution in [2.45, 2.75) is 0 Å². The standard InChI is InChI=1S/C19H19NO6/c1-24-13-7-4-12(5-8-13)6-9-18(21)20-15-11-17(26-3)16(25-2)10-14(15)19(22)23/h4-11H,1-3H3,(H,20,21)(H,22,23)/b9-6+. The van der Waals surface area contributed by atoms with Crippen LogP contribution < -0.4 is 19.5 Å². The van der Waals surface area contributed by atoms with Crippen molar-refractivity contribution < 1.29 is 28.9 Å². The number of hydrogen-bond acceptors (Lipinski definition) is 5. The van der Waals surface area contributed by atoms with E-state index in [1.165, 1.54) is 32.4 Å². The number of carbonyl (C=O) groups is 2. The van der Waals surface area contributed by atoms with Crippen LogP contribution in [0.5, 0.6) is 17.2 Å². The number of nitrogens with one attached hydrogen (secondary N) is 1. The molecule has 136 valence electrons. The van der Waals surface area contributed by atoms with Gasteiger partial charge >= 0.3 is 5.97 Å². The van der Waals surface area contributed by atoms with Gasteiger partial charge in [-0.3, -0.25) is 4.79 Å². The van der Waals surface area contributed by atoms with Crippen molar-refractivity contribution in [3.63, 3.8) is 0 Å². The number of anilines is 1. The second-order valence-electron chi connectivity index (χ2n) is 5.15. The van der Waals surface area contributed by atoms with E-state index in [9.17, 15) is 14.7 Å². The first-order valence-electron chi connectivity index (χ1n) is 7.61. The Kier molecular flexibility index (Phi) is 6.21. The summed E-state index contributed by atoms with van der Waals surface area (Å²) in [6.07, 6.45) is 2.92. The smallest absolute Gasteiger partial charge is 0.337 e. The van der Waals surface area contributed by atoms with Crippen LogP contribution in [-0.2, 0) is 4.79 Å². The lowest BCUT2D eigenvalue weighted by atomic mass is 10.1. The monoisotopic (exact) mass is 357 g/mol. The molecule has 0 fully saturated rings. The lowest BCUT2D eigenvalue weighted by Gasteiger charge is -2.13. The first-order valence-corrected chi connectivity index (χ1v) is 7.61. The van der Waals surface area contributed by atoms with Crippen molar-refractivity contribution in [1.29, 1.82) is 0 Å². The minimum atomic E-state index is -1.19. The number of carbonyl (C=O) groups excluding carboxylic acids is 1. The van der Waals surface area contributed by atoms with Crippen LogP contribution in [0.2, 0.25) is 0 Å². The van der Waals surface area contributed by atoms with Gasteiger partial charge in [-0.15, -0.1) is 0 Å². The fraction of sp³-hybridized carbons (Fsp3) is 0.158. The van der Waals surface area contributed by atoms with Crippen LogP contribution in [0.25, 0.3) is 6.08 Å². The highest BCUT2D eigenvalue weighted by Gasteiger charge is 2.17. The molecule has 0 atom stereocenters. The summed E-state index contributed by atoms with van der Waals surface area (Å²) in [6.45, 7) is 0. The van der Waals surface area contributed by atoms with E-state index < -0.39 is 11.9 Å². The highest BCUT2D eigenvalue weighted by molar-refractivity contribution is 6.06. The van der Waals surface area contributed by atoms with Gasteiger partial charge in [-0.2, -0.15) is 0 Å². The van der Waals surface area contributed by atoms with E-state index in [-0.39, 0.29) is 17.0 Å².